The van der Waals surface area contributed by atoms with Crippen molar-refractivity contribution in [2.24, 2.45) is 0 Å². The number of hydrogen-bond acceptors (Lipinski definition) is 7. The number of nitrogens with zero attached hydrogens (tertiary/aromatic N) is 1. The predicted octanol–water partition coefficient (Wildman–Crippen LogP) is 7.39. The first kappa shape index (κ1) is 30.6. The van der Waals surface area contributed by atoms with Crippen LogP contribution >= 0.6 is 0 Å². The van der Waals surface area contributed by atoms with Gasteiger partial charge in [-0.25, -0.2) is 4.79 Å². The number of ether oxygens (including phenoxy) is 3. The van der Waals surface area contributed by atoms with Crippen LogP contribution in [0.15, 0.2) is 91.0 Å². The van der Waals surface area contributed by atoms with Crippen molar-refractivity contribution >= 4 is 23.4 Å². The lowest BCUT2D eigenvalue weighted by atomic mass is 9.95. The van der Waals surface area contributed by atoms with Gasteiger partial charge in [-0.1, -0.05) is 24.3 Å². The summed E-state index contributed by atoms with van der Waals surface area (Å²) >= 11 is 0. The van der Waals surface area contributed by atoms with Crippen molar-refractivity contribution in [3.63, 3.8) is 0 Å². The Kier molecular flexibility index (Phi) is 9.97. The fourth-order valence-corrected chi connectivity index (χ4v) is 4.29. The zero-order valence-electron chi connectivity index (χ0n) is 23.6. The van der Waals surface area contributed by atoms with Gasteiger partial charge in [0.25, 0.3) is 0 Å². The molecular formula is C34H31F2N3O4. The van der Waals surface area contributed by atoms with Gasteiger partial charge in [0, 0.05) is 23.9 Å². The van der Waals surface area contributed by atoms with Crippen LogP contribution in [0.2, 0.25) is 0 Å². The van der Waals surface area contributed by atoms with E-state index >= 15 is 0 Å². The molecule has 4 aromatic carbocycles. The molecule has 43 heavy (non-hydrogen) atoms. The maximum Gasteiger partial charge on any atom is 0.426 e. The Morgan fingerprint density at radius 3 is 2.23 bits per heavy atom. The molecule has 4 N–H and O–H groups in total. The zero-order chi connectivity index (χ0) is 30.8. The van der Waals surface area contributed by atoms with E-state index in [1.54, 1.807) is 24.3 Å². The third-order valence-corrected chi connectivity index (χ3v) is 6.47. The molecule has 0 heterocycles. The summed E-state index contributed by atoms with van der Waals surface area (Å²) in [5, 5.41) is 8.56. The SMILES string of the molecule is Cc1cc(N)ccc1-c1ccc(N)cc1COC(=O)/C=C/c1ccc(OC(F)(F)c2ccc(OCCCC#N)cc2)cc1. The molecule has 0 aliphatic heterocycles. The number of carbonyl (C=O) groups excluding carboxylic acids is 1. The fraction of sp³-hybridized carbons (Fsp3) is 0.176. The van der Waals surface area contributed by atoms with Gasteiger partial charge >= 0.3 is 12.1 Å². The average Bonchev–Trinajstić information content (AvgIpc) is 2.98. The summed E-state index contributed by atoms with van der Waals surface area (Å²) in [6, 6.07) is 24.2. The Balaban J connectivity index is 1.33. The highest BCUT2D eigenvalue weighted by Gasteiger charge is 2.34. The average molecular weight is 584 g/mol. The third kappa shape index (κ3) is 8.57. The monoisotopic (exact) mass is 583 g/mol. The number of alkyl halides is 2. The normalized spacial score (nSPS) is 11.2. The van der Waals surface area contributed by atoms with Crippen LogP contribution in [0.4, 0.5) is 20.2 Å². The Morgan fingerprint density at radius 1 is 0.907 bits per heavy atom. The molecule has 4 aromatic rings. The fourth-order valence-electron chi connectivity index (χ4n) is 4.29. The molecule has 4 rings (SSSR count). The molecule has 0 fully saturated rings. The molecule has 0 aromatic heterocycles. The van der Waals surface area contributed by atoms with E-state index in [0.29, 0.717) is 42.1 Å². The van der Waals surface area contributed by atoms with Gasteiger partial charge in [0.15, 0.2) is 0 Å². The van der Waals surface area contributed by atoms with Crippen molar-refractivity contribution in [1.82, 2.24) is 0 Å². The van der Waals surface area contributed by atoms with Gasteiger partial charge < -0.3 is 25.7 Å². The van der Waals surface area contributed by atoms with Crippen molar-refractivity contribution in [1.29, 1.82) is 5.26 Å². The van der Waals surface area contributed by atoms with Crippen molar-refractivity contribution in [3.8, 4) is 28.7 Å². The van der Waals surface area contributed by atoms with Crippen LogP contribution in [0.5, 0.6) is 11.5 Å². The summed E-state index contributed by atoms with van der Waals surface area (Å²) in [6.45, 7) is 2.28. The van der Waals surface area contributed by atoms with Crippen molar-refractivity contribution < 1.29 is 27.8 Å². The summed E-state index contributed by atoms with van der Waals surface area (Å²) in [4.78, 5) is 12.5. The van der Waals surface area contributed by atoms with Gasteiger partial charge in [-0.3, -0.25) is 0 Å². The van der Waals surface area contributed by atoms with Crippen LogP contribution in [0.1, 0.15) is 35.1 Å². The molecule has 0 unspecified atom stereocenters. The molecule has 0 amide bonds. The lowest BCUT2D eigenvalue weighted by Gasteiger charge is -2.18. The maximum atomic E-state index is 14.7. The van der Waals surface area contributed by atoms with E-state index in [9.17, 15) is 13.6 Å². The summed E-state index contributed by atoms with van der Waals surface area (Å²) < 4.78 is 45.3. The van der Waals surface area contributed by atoms with E-state index in [1.807, 2.05) is 37.3 Å². The molecule has 0 atom stereocenters. The number of anilines is 2. The maximum absolute atomic E-state index is 14.7. The minimum Gasteiger partial charge on any atom is -0.494 e. The lowest BCUT2D eigenvalue weighted by Crippen LogP contribution is -2.21. The molecule has 7 nitrogen and oxygen atoms in total. The standard InChI is InChI=1S/C34H31F2N3O4/c1-23-20-27(38)9-15-31(23)32-16-10-28(39)21-25(32)22-42-33(40)17-6-24-4-11-30(12-5-24)43-34(35,36)26-7-13-29(14-8-26)41-19-3-2-18-37/h4-17,20-21H,2-3,19,22,38-39H2,1H3/b17-6+. The highest BCUT2D eigenvalue weighted by Crippen LogP contribution is 2.33. The summed E-state index contributed by atoms with van der Waals surface area (Å²) in [7, 11) is 0. The number of hydrogen-bond donors (Lipinski definition) is 2. The smallest absolute Gasteiger partial charge is 0.426 e. The zero-order valence-corrected chi connectivity index (χ0v) is 23.6. The number of nitrogen functional groups attached to an aromatic ring is 2. The van der Waals surface area contributed by atoms with Crippen LogP contribution < -0.4 is 20.9 Å². The van der Waals surface area contributed by atoms with E-state index in [-0.39, 0.29) is 17.9 Å². The van der Waals surface area contributed by atoms with E-state index in [1.165, 1.54) is 48.6 Å². The number of carbonyl (C=O) groups is 1. The molecule has 0 bridgehead atoms. The molecule has 0 aliphatic rings. The number of rotatable bonds is 12. The molecule has 220 valence electrons. The summed E-state index contributed by atoms with van der Waals surface area (Å²) in [6.07, 6.45) is 0.113. The van der Waals surface area contributed by atoms with Gasteiger partial charge in [-0.2, -0.15) is 14.0 Å². The highest BCUT2D eigenvalue weighted by atomic mass is 19.3. The Labute approximate surface area is 248 Å². The van der Waals surface area contributed by atoms with Crippen LogP contribution in [-0.2, 0) is 22.2 Å². The molecule has 0 saturated heterocycles. The predicted molar refractivity (Wildman–Crippen MR) is 162 cm³/mol. The largest absolute Gasteiger partial charge is 0.494 e. The number of nitriles is 1. The number of benzene rings is 4. The molecular weight excluding hydrogens is 552 g/mol. The minimum absolute atomic E-state index is 0.00349. The van der Waals surface area contributed by atoms with Gasteiger partial charge in [0.1, 0.15) is 18.1 Å². The van der Waals surface area contributed by atoms with Gasteiger partial charge in [0.05, 0.1) is 18.2 Å². The second kappa shape index (κ2) is 14.0. The minimum atomic E-state index is -3.58. The first-order valence-corrected chi connectivity index (χ1v) is 13.5. The van der Waals surface area contributed by atoms with Crippen LogP contribution in [0, 0.1) is 18.3 Å². The van der Waals surface area contributed by atoms with Crippen molar-refractivity contribution in [3.05, 3.63) is 113 Å². The second-order valence-electron chi connectivity index (χ2n) is 9.75. The van der Waals surface area contributed by atoms with Crippen LogP contribution in [0.3, 0.4) is 0 Å². The molecule has 0 radical (unpaired) electrons. The Hall–Kier alpha value is -5.36. The van der Waals surface area contributed by atoms with E-state index in [2.05, 4.69) is 0 Å². The molecule has 0 spiro atoms. The van der Waals surface area contributed by atoms with E-state index in [4.69, 9.17) is 30.9 Å². The number of nitrogens with two attached hydrogens (primary N) is 2. The van der Waals surface area contributed by atoms with Crippen molar-refractivity contribution in [2.75, 3.05) is 18.1 Å². The Bertz CT molecular complexity index is 1630. The van der Waals surface area contributed by atoms with Crippen molar-refractivity contribution in [2.45, 2.75) is 32.5 Å². The number of halogens is 2. The number of esters is 1. The molecule has 0 aliphatic carbocycles. The van der Waals surface area contributed by atoms with E-state index < -0.39 is 12.1 Å². The van der Waals surface area contributed by atoms with Gasteiger partial charge in [0.2, 0.25) is 0 Å². The van der Waals surface area contributed by atoms with Crippen LogP contribution in [0.25, 0.3) is 17.2 Å². The topological polar surface area (TPSA) is 121 Å². The number of aryl methyl sites for hydroxylation is 1. The van der Waals surface area contributed by atoms with Crippen LogP contribution in [-0.4, -0.2) is 12.6 Å². The third-order valence-electron chi connectivity index (χ3n) is 6.47. The van der Waals surface area contributed by atoms with Gasteiger partial charge in [-0.15, -0.1) is 0 Å². The summed E-state index contributed by atoms with van der Waals surface area (Å²) in [5.41, 5.74) is 16.9. The highest BCUT2D eigenvalue weighted by molar-refractivity contribution is 5.87. The second-order valence-corrected chi connectivity index (χ2v) is 9.75. The number of unbranched alkanes of at least 4 members (excludes halogenated alkanes) is 1. The summed E-state index contributed by atoms with van der Waals surface area (Å²) in [5.74, 6) is -0.196. The van der Waals surface area contributed by atoms with E-state index in [0.717, 1.165) is 22.3 Å². The first-order valence-electron chi connectivity index (χ1n) is 13.5. The van der Waals surface area contributed by atoms with Gasteiger partial charge in [-0.05, 0) is 108 Å². The lowest BCUT2D eigenvalue weighted by molar-refractivity contribution is -0.185. The first-order chi connectivity index (χ1) is 20.6. The molecule has 9 heteroatoms. The Morgan fingerprint density at radius 2 is 1.56 bits per heavy atom. The quantitative estimate of drug-likeness (QED) is 0.0772. The molecule has 0 saturated carbocycles.